The van der Waals surface area contributed by atoms with Crippen molar-refractivity contribution < 1.29 is 19.1 Å². The van der Waals surface area contributed by atoms with E-state index in [-0.39, 0.29) is 42.1 Å². The number of carbonyl (C=O) groups is 3. The minimum atomic E-state index is -0.658. The van der Waals surface area contributed by atoms with E-state index < -0.39 is 12.1 Å². The third-order valence-electron chi connectivity index (χ3n) is 7.98. The molecule has 4 atom stereocenters. The average molecular weight is 601 g/mol. The lowest BCUT2D eigenvalue weighted by Crippen LogP contribution is -2.55. The molecule has 5 rings (SSSR count). The third-order valence-corrected chi connectivity index (χ3v) is 9.11. The molecule has 3 fully saturated rings. The molecule has 1 aromatic carbocycles. The van der Waals surface area contributed by atoms with Crippen molar-refractivity contribution in [3.63, 3.8) is 0 Å². The van der Waals surface area contributed by atoms with Gasteiger partial charge in [-0.3, -0.25) is 19.4 Å². The van der Waals surface area contributed by atoms with Gasteiger partial charge in [0.15, 0.2) is 5.78 Å². The zero-order valence-electron chi connectivity index (χ0n) is 20.4. The standard InChI is InChI=1S/C28H32IN3O4/c1-17-7-9-18(10-8-17)24(28(35)32-15-22(13-29)26-25(32)23(33)16-36-26)31-27(34)20-5-2-4-19(12-20)21-6-3-11-30-14-21/h2-6,11-12,14,17-18,22,24-26H,7-10,13,15-16H2,1H3,(H,31,34)/t17-,18-,22-,24?,25+,26+/m0/s1. The number of hydrogen-bond acceptors (Lipinski definition) is 5. The van der Waals surface area contributed by atoms with Gasteiger partial charge in [-0.05, 0) is 48.4 Å². The summed E-state index contributed by atoms with van der Waals surface area (Å²) in [4.78, 5) is 46.1. The lowest BCUT2D eigenvalue weighted by molar-refractivity contribution is -0.139. The molecule has 2 aliphatic heterocycles. The highest BCUT2D eigenvalue weighted by molar-refractivity contribution is 14.1. The van der Waals surface area contributed by atoms with E-state index in [4.69, 9.17) is 4.74 Å². The number of likely N-dealkylation sites (tertiary alicyclic amines) is 1. The number of aromatic nitrogens is 1. The van der Waals surface area contributed by atoms with Crippen LogP contribution in [0.25, 0.3) is 11.1 Å². The zero-order chi connectivity index (χ0) is 25.2. The SMILES string of the molecule is C[C@H]1CC[C@H](C(NC(=O)c2cccc(-c3cccnc3)c2)C(=O)N2C[C@H](CI)[C@H]3OCC(=O)[C@H]32)CC1. The molecule has 7 nitrogen and oxygen atoms in total. The number of alkyl halides is 1. The highest BCUT2D eigenvalue weighted by Gasteiger charge is 2.53. The highest BCUT2D eigenvalue weighted by atomic mass is 127. The fraction of sp³-hybridized carbons (Fsp3) is 0.500. The van der Waals surface area contributed by atoms with E-state index in [1.54, 1.807) is 23.4 Å². The van der Waals surface area contributed by atoms with Gasteiger partial charge in [0.1, 0.15) is 18.7 Å². The van der Waals surface area contributed by atoms with Gasteiger partial charge < -0.3 is 15.0 Å². The molecule has 36 heavy (non-hydrogen) atoms. The number of rotatable bonds is 6. The fourth-order valence-corrected chi connectivity index (χ4v) is 6.67. The summed E-state index contributed by atoms with van der Waals surface area (Å²) in [5, 5.41) is 3.10. The van der Waals surface area contributed by atoms with Gasteiger partial charge in [0.25, 0.3) is 5.91 Å². The Bertz CT molecular complexity index is 1120. The van der Waals surface area contributed by atoms with Crippen molar-refractivity contribution in [2.45, 2.75) is 50.8 Å². The number of fused-ring (bicyclic) bond motifs is 1. The monoisotopic (exact) mass is 601 g/mol. The Labute approximate surface area is 225 Å². The molecule has 1 aliphatic carbocycles. The largest absolute Gasteiger partial charge is 0.367 e. The molecule has 1 saturated carbocycles. The molecule has 0 spiro atoms. The molecule has 8 heteroatoms. The Hall–Kier alpha value is -2.33. The van der Waals surface area contributed by atoms with Crippen LogP contribution in [0.15, 0.2) is 48.8 Å². The van der Waals surface area contributed by atoms with E-state index in [9.17, 15) is 14.4 Å². The van der Waals surface area contributed by atoms with Crippen LogP contribution in [0.5, 0.6) is 0 Å². The topological polar surface area (TPSA) is 88.6 Å². The van der Waals surface area contributed by atoms with Crippen molar-refractivity contribution >= 4 is 40.2 Å². The lowest BCUT2D eigenvalue weighted by Gasteiger charge is -2.35. The third kappa shape index (κ3) is 5.07. The normalized spacial score (nSPS) is 28.6. The van der Waals surface area contributed by atoms with E-state index >= 15 is 0 Å². The second-order valence-electron chi connectivity index (χ2n) is 10.4. The smallest absolute Gasteiger partial charge is 0.251 e. The molecule has 0 bridgehead atoms. The summed E-state index contributed by atoms with van der Waals surface area (Å²) in [5.41, 5.74) is 2.32. The molecule has 3 heterocycles. The van der Waals surface area contributed by atoms with Crippen LogP contribution in [0.4, 0.5) is 0 Å². The van der Waals surface area contributed by atoms with Crippen molar-refractivity contribution in [3.8, 4) is 11.1 Å². The van der Waals surface area contributed by atoms with Crippen molar-refractivity contribution in [2.24, 2.45) is 17.8 Å². The van der Waals surface area contributed by atoms with Crippen LogP contribution in [0.3, 0.4) is 0 Å². The predicted molar refractivity (Wildman–Crippen MR) is 145 cm³/mol. The van der Waals surface area contributed by atoms with Crippen molar-refractivity contribution in [2.75, 3.05) is 17.6 Å². The van der Waals surface area contributed by atoms with Gasteiger partial charge in [0.05, 0.1) is 6.10 Å². The number of amides is 2. The Morgan fingerprint density at radius 1 is 1.17 bits per heavy atom. The lowest BCUT2D eigenvalue weighted by atomic mass is 9.78. The Morgan fingerprint density at radius 3 is 2.67 bits per heavy atom. The molecule has 1 unspecified atom stereocenters. The summed E-state index contributed by atoms with van der Waals surface area (Å²) in [6.45, 7) is 2.79. The van der Waals surface area contributed by atoms with Crippen LogP contribution in [-0.4, -0.2) is 63.2 Å². The summed E-state index contributed by atoms with van der Waals surface area (Å²) in [6, 6.07) is 10.0. The number of Topliss-reactive ketones (excluding diaryl/α,β-unsaturated/α-hetero) is 1. The first kappa shape index (κ1) is 25.3. The van der Waals surface area contributed by atoms with Crippen LogP contribution in [-0.2, 0) is 14.3 Å². The fourth-order valence-electron chi connectivity index (χ4n) is 5.89. The zero-order valence-corrected chi connectivity index (χ0v) is 22.6. The molecule has 2 aromatic rings. The molecule has 0 radical (unpaired) electrons. The summed E-state index contributed by atoms with van der Waals surface area (Å²) in [7, 11) is 0. The first-order valence-electron chi connectivity index (χ1n) is 12.8. The minimum absolute atomic E-state index is 0.0350. The summed E-state index contributed by atoms with van der Waals surface area (Å²) in [6.07, 6.45) is 7.08. The molecular weight excluding hydrogens is 569 g/mol. The van der Waals surface area contributed by atoms with Crippen LogP contribution in [0.1, 0.15) is 43.0 Å². The number of hydrogen-bond donors (Lipinski definition) is 1. The van der Waals surface area contributed by atoms with Crippen molar-refractivity contribution in [1.82, 2.24) is 15.2 Å². The molecule has 1 aromatic heterocycles. The number of carbonyl (C=O) groups excluding carboxylic acids is 3. The van der Waals surface area contributed by atoms with E-state index in [1.807, 2.05) is 30.3 Å². The summed E-state index contributed by atoms with van der Waals surface area (Å²) < 4.78 is 6.59. The Kier molecular flexibility index (Phi) is 7.71. The van der Waals surface area contributed by atoms with Crippen molar-refractivity contribution in [1.29, 1.82) is 0 Å². The average Bonchev–Trinajstić information content (AvgIpc) is 3.48. The number of benzene rings is 1. The Balaban J connectivity index is 1.40. The molecule has 2 saturated heterocycles. The van der Waals surface area contributed by atoms with Gasteiger partial charge in [-0.1, -0.05) is 60.6 Å². The van der Waals surface area contributed by atoms with Gasteiger partial charge in [-0.2, -0.15) is 0 Å². The van der Waals surface area contributed by atoms with E-state index in [2.05, 4.69) is 39.8 Å². The number of halogens is 1. The molecule has 1 N–H and O–H groups in total. The van der Waals surface area contributed by atoms with Gasteiger partial charge in [-0.25, -0.2) is 0 Å². The number of ether oxygens (including phenoxy) is 1. The predicted octanol–water partition coefficient (Wildman–Crippen LogP) is 3.90. The maximum Gasteiger partial charge on any atom is 0.251 e. The van der Waals surface area contributed by atoms with Gasteiger partial charge in [0.2, 0.25) is 5.91 Å². The second-order valence-corrected chi connectivity index (χ2v) is 11.3. The van der Waals surface area contributed by atoms with Crippen LogP contribution >= 0.6 is 22.6 Å². The summed E-state index contributed by atoms with van der Waals surface area (Å²) in [5.74, 6) is 0.347. The highest BCUT2D eigenvalue weighted by Crippen LogP contribution is 2.36. The minimum Gasteiger partial charge on any atom is -0.367 e. The second kappa shape index (κ2) is 11.0. The van der Waals surface area contributed by atoms with Gasteiger partial charge in [0, 0.05) is 40.4 Å². The van der Waals surface area contributed by atoms with E-state index in [0.29, 0.717) is 18.0 Å². The first-order chi connectivity index (χ1) is 17.5. The maximum absolute atomic E-state index is 14.0. The van der Waals surface area contributed by atoms with E-state index in [0.717, 1.165) is 41.2 Å². The maximum atomic E-state index is 14.0. The quantitative estimate of drug-likeness (QED) is 0.401. The number of ketones is 1. The molecule has 190 valence electrons. The van der Waals surface area contributed by atoms with Crippen LogP contribution in [0, 0.1) is 17.8 Å². The number of nitrogens with zero attached hydrogens (tertiary/aromatic N) is 2. The van der Waals surface area contributed by atoms with E-state index in [1.165, 1.54) is 0 Å². The van der Waals surface area contributed by atoms with Crippen molar-refractivity contribution in [3.05, 3.63) is 54.4 Å². The summed E-state index contributed by atoms with van der Waals surface area (Å²) >= 11 is 2.30. The molecule has 2 amide bonds. The number of nitrogens with one attached hydrogen (secondary N) is 1. The van der Waals surface area contributed by atoms with Gasteiger partial charge >= 0.3 is 0 Å². The molecule has 3 aliphatic rings. The Morgan fingerprint density at radius 2 is 1.94 bits per heavy atom. The number of pyridine rings is 1. The van der Waals surface area contributed by atoms with Crippen LogP contribution < -0.4 is 5.32 Å². The van der Waals surface area contributed by atoms with Gasteiger partial charge in [-0.15, -0.1) is 0 Å². The van der Waals surface area contributed by atoms with Crippen LogP contribution in [0.2, 0.25) is 0 Å². The first-order valence-corrected chi connectivity index (χ1v) is 14.3. The molecular formula is C28H32IN3O4.